The molecule has 1 aromatic carbocycles. The van der Waals surface area contributed by atoms with Gasteiger partial charge in [-0.05, 0) is 24.4 Å². The highest BCUT2D eigenvalue weighted by Gasteiger charge is 2.20. The van der Waals surface area contributed by atoms with Crippen LogP contribution < -0.4 is 10.1 Å². The zero-order valence-corrected chi connectivity index (χ0v) is 14.2. The van der Waals surface area contributed by atoms with Crippen LogP contribution in [0.5, 0.6) is 5.75 Å². The molecule has 0 radical (unpaired) electrons. The highest BCUT2D eigenvalue weighted by molar-refractivity contribution is 7.12. The molecule has 0 aliphatic rings. The van der Waals surface area contributed by atoms with Crippen molar-refractivity contribution in [3.63, 3.8) is 0 Å². The van der Waals surface area contributed by atoms with Gasteiger partial charge in [0.2, 0.25) is 5.91 Å². The van der Waals surface area contributed by atoms with Crippen LogP contribution in [-0.2, 0) is 4.79 Å². The molecule has 0 fully saturated rings. The van der Waals surface area contributed by atoms with Crippen LogP contribution in [0.3, 0.4) is 0 Å². The zero-order valence-electron chi connectivity index (χ0n) is 13.4. The maximum atomic E-state index is 12.3. The largest absolute Gasteiger partial charge is 0.496 e. The van der Waals surface area contributed by atoms with Crippen molar-refractivity contribution in [3.05, 3.63) is 52.2 Å². The fourth-order valence-corrected chi connectivity index (χ4v) is 2.85. The van der Waals surface area contributed by atoms with Crippen LogP contribution in [0.25, 0.3) is 0 Å². The number of methoxy groups -OCH3 is 1. The first-order valence-corrected chi connectivity index (χ1v) is 8.12. The van der Waals surface area contributed by atoms with Crippen LogP contribution >= 0.6 is 11.3 Å². The molecule has 2 amide bonds. The molecule has 0 aliphatic heterocycles. The summed E-state index contributed by atoms with van der Waals surface area (Å²) in [6.45, 7) is 1.89. The number of para-hydroxylation sites is 1. The van der Waals surface area contributed by atoms with Gasteiger partial charge in [-0.1, -0.05) is 24.3 Å². The molecule has 23 heavy (non-hydrogen) atoms. The lowest BCUT2D eigenvalue weighted by Crippen LogP contribution is -2.39. The average molecular weight is 332 g/mol. The summed E-state index contributed by atoms with van der Waals surface area (Å²) in [5, 5.41) is 4.48. The van der Waals surface area contributed by atoms with E-state index >= 15 is 0 Å². The van der Waals surface area contributed by atoms with Gasteiger partial charge >= 0.3 is 0 Å². The number of hydrogen-bond acceptors (Lipinski definition) is 4. The van der Waals surface area contributed by atoms with Crippen molar-refractivity contribution >= 4 is 23.2 Å². The van der Waals surface area contributed by atoms with E-state index in [4.69, 9.17) is 4.74 Å². The number of thiophene rings is 1. The first-order valence-electron chi connectivity index (χ1n) is 7.25. The maximum absolute atomic E-state index is 12.3. The van der Waals surface area contributed by atoms with Gasteiger partial charge in [-0.15, -0.1) is 11.3 Å². The van der Waals surface area contributed by atoms with Gasteiger partial charge in [-0.25, -0.2) is 0 Å². The lowest BCUT2D eigenvalue weighted by molar-refractivity contribution is -0.130. The third kappa shape index (κ3) is 4.10. The number of ether oxygens (including phenoxy) is 1. The number of likely N-dealkylation sites (N-methyl/N-ethyl adjacent to an activating group) is 1. The van der Waals surface area contributed by atoms with Crippen LogP contribution in [0, 0.1) is 0 Å². The highest BCUT2D eigenvalue weighted by atomic mass is 32.1. The summed E-state index contributed by atoms with van der Waals surface area (Å²) in [5.41, 5.74) is 0.926. The molecule has 0 aliphatic carbocycles. The Kier molecular flexibility index (Phi) is 5.76. The molecule has 2 rings (SSSR count). The molecule has 6 heteroatoms. The Morgan fingerprint density at radius 3 is 2.65 bits per heavy atom. The number of amides is 2. The zero-order chi connectivity index (χ0) is 16.8. The smallest absolute Gasteiger partial charge is 0.261 e. The van der Waals surface area contributed by atoms with Gasteiger partial charge in [0.25, 0.3) is 5.91 Å². The van der Waals surface area contributed by atoms with E-state index in [1.54, 1.807) is 31.2 Å². The van der Waals surface area contributed by atoms with Gasteiger partial charge in [0.15, 0.2) is 0 Å². The van der Waals surface area contributed by atoms with Gasteiger partial charge in [-0.3, -0.25) is 9.59 Å². The van der Waals surface area contributed by atoms with Gasteiger partial charge in [0, 0.05) is 12.6 Å². The van der Waals surface area contributed by atoms with Crippen LogP contribution in [0.4, 0.5) is 0 Å². The van der Waals surface area contributed by atoms with Gasteiger partial charge in [0.1, 0.15) is 5.75 Å². The number of carbonyl (C=O) groups is 2. The van der Waals surface area contributed by atoms with E-state index in [0.29, 0.717) is 4.88 Å². The number of nitrogens with zero attached hydrogens (tertiary/aromatic N) is 1. The number of rotatable bonds is 6. The molecular weight excluding hydrogens is 312 g/mol. The predicted octanol–water partition coefficient (Wildman–Crippen LogP) is 2.71. The second-order valence-electron chi connectivity index (χ2n) is 5.08. The molecule has 2 aromatic rings. The van der Waals surface area contributed by atoms with Gasteiger partial charge in [0.05, 0.1) is 24.6 Å². The Morgan fingerprint density at radius 2 is 2.00 bits per heavy atom. The molecule has 0 bridgehead atoms. The Balaban J connectivity index is 1.97. The average Bonchev–Trinajstić information content (AvgIpc) is 3.12. The summed E-state index contributed by atoms with van der Waals surface area (Å²) in [6.07, 6.45) is 0. The van der Waals surface area contributed by atoms with E-state index in [1.165, 1.54) is 11.3 Å². The number of nitrogens with one attached hydrogen (secondary N) is 1. The molecule has 0 saturated carbocycles. The third-order valence-corrected chi connectivity index (χ3v) is 4.58. The minimum Gasteiger partial charge on any atom is -0.496 e. The van der Waals surface area contributed by atoms with Gasteiger partial charge < -0.3 is 15.0 Å². The lowest BCUT2D eigenvalue weighted by Gasteiger charge is -2.26. The highest BCUT2D eigenvalue weighted by Crippen LogP contribution is 2.27. The Bertz CT molecular complexity index is 670. The molecule has 122 valence electrons. The van der Waals surface area contributed by atoms with E-state index in [1.807, 2.05) is 36.6 Å². The van der Waals surface area contributed by atoms with Crippen molar-refractivity contribution in [1.29, 1.82) is 0 Å². The lowest BCUT2D eigenvalue weighted by atomic mass is 10.1. The molecule has 1 atom stereocenters. The molecule has 0 saturated heterocycles. The quantitative estimate of drug-likeness (QED) is 0.885. The molecule has 1 heterocycles. The van der Waals surface area contributed by atoms with Crippen molar-refractivity contribution in [1.82, 2.24) is 10.2 Å². The van der Waals surface area contributed by atoms with Crippen molar-refractivity contribution in [2.24, 2.45) is 0 Å². The van der Waals surface area contributed by atoms with E-state index < -0.39 is 0 Å². The third-order valence-electron chi connectivity index (χ3n) is 3.71. The number of carbonyl (C=O) groups excluding carboxylic acids is 2. The summed E-state index contributed by atoms with van der Waals surface area (Å²) in [4.78, 5) is 26.4. The van der Waals surface area contributed by atoms with Crippen LogP contribution in [0.1, 0.15) is 28.2 Å². The summed E-state index contributed by atoms with van der Waals surface area (Å²) in [6, 6.07) is 11.0. The number of hydrogen-bond donors (Lipinski definition) is 1. The fraction of sp³-hybridized carbons (Fsp3) is 0.294. The molecule has 1 unspecified atom stereocenters. The molecular formula is C17H20N2O3S. The van der Waals surface area contributed by atoms with Crippen LogP contribution in [-0.4, -0.2) is 37.4 Å². The monoisotopic (exact) mass is 332 g/mol. The minimum atomic E-state index is -0.230. The van der Waals surface area contributed by atoms with Crippen LogP contribution in [0.2, 0.25) is 0 Å². The summed E-state index contributed by atoms with van der Waals surface area (Å²) in [7, 11) is 3.32. The predicted molar refractivity (Wildman–Crippen MR) is 90.8 cm³/mol. The fourth-order valence-electron chi connectivity index (χ4n) is 2.21. The first-order chi connectivity index (χ1) is 11.0. The topological polar surface area (TPSA) is 58.6 Å². The van der Waals surface area contributed by atoms with Gasteiger partial charge in [-0.2, -0.15) is 0 Å². The van der Waals surface area contributed by atoms with E-state index in [0.717, 1.165) is 11.3 Å². The molecule has 0 spiro atoms. The number of benzene rings is 1. The summed E-state index contributed by atoms with van der Waals surface area (Å²) in [5.74, 6) is 0.349. The summed E-state index contributed by atoms with van der Waals surface area (Å²) >= 11 is 1.35. The van der Waals surface area contributed by atoms with Crippen LogP contribution in [0.15, 0.2) is 41.8 Å². The maximum Gasteiger partial charge on any atom is 0.261 e. The molecule has 1 N–H and O–H groups in total. The Hall–Kier alpha value is -2.34. The molecule has 5 nitrogen and oxygen atoms in total. The second kappa shape index (κ2) is 7.78. The second-order valence-corrected chi connectivity index (χ2v) is 6.03. The SMILES string of the molecule is COc1ccccc1C(C)N(C)C(=O)CNC(=O)c1cccs1. The van der Waals surface area contributed by atoms with E-state index in [9.17, 15) is 9.59 Å². The van der Waals surface area contributed by atoms with E-state index in [-0.39, 0.29) is 24.4 Å². The van der Waals surface area contributed by atoms with E-state index in [2.05, 4.69) is 5.32 Å². The summed E-state index contributed by atoms with van der Waals surface area (Å²) < 4.78 is 5.34. The Morgan fingerprint density at radius 1 is 1.26 bits per heavy atom. The molecule has 1 aromatic heterocycles. The van der Waals surface area contributed by atoms with Crippen molar-refractivity contribution < 1.29 is 14.3 Å². The standard InChI is InChI=1S/C17H20N2O3S/c1-12(13-7-4-5-8-14(13)22-3)19(2)16(20)11-18-17(21)15-9-6-10-23-15/h4-10,12H,11H2,1-3H3,(H,18,21). The minimum absolute atomic E-state index is 0.0350. The Labute approximate surface area is 139 Å². The first kappa shape index (κ1) is 17.0. The van der Waals surface area contributed by atoms with Crippen molar-refractivity contribution in [3.8, 4) is 5.75 Å². The van der Waals surface area contributed by atoms with Crippen molar-refractivity contribution in [2.75, 3.05) is 20.7 Å². The normalized spacial score (nSPS) is 11.6. The van der Waals surface area contributed by atoms with Crippen molar-refractivity contribution in [2.45, 2.75) is 13.0 Å².